The van der Waals surface area contributed by atoms with E-state index in [4.69, 9.17) is 4.42 Å². The first-order valence-electron chi connectivity index (χ1n) is 7.14. The van der Waals surface area contributed by atoms with Gasteiger partial charge in [0.2, 0.25) is 5.89 Å². The van der Waals surface area contributed by atoms with E-state index in [1.807, 2.05) is 6.07 Å². The second-order valence-corrected chi connectivity index (χ2v) is 5.45. The van der Waals surface area contributed by atoms with Gasteiger partial charge in [0.1, 0.15) is 11.5 Å². The number of aromatic nitrogens is 4. The number of hydrogen-bond donors (Lipinski definition) is 0. The lowest BCUT2D eigenvalue weighted by Gasteiger charge is -2.39. The zero-order chi connectivity index (χ0) is 15.0. The second-order valence-electron chi connectivity index (χ2n) is 5.45. The molecule has 2 heterocycles. The monoisotopic (exact) mass is 296 g/mol. The lowest BCUT2D eigenvalue weighted by Crippen LogP contribution is -2.35. The summed E-state index contributed by atoms with van der Waals surface area (Å²) in [5, 5.41) is 8.26. The summed E-state index contributed by atoms with van der Waals surface area (Å²) in [7, 11) is 0. The highest BCUT2D eigenvalue weighted by molar-refractivity contribution is 5.44. The van der Waals surface area contributed by atoms with Gasteiger partial charge in [-0.25, -0.2) is 9.37 Å². The Labute approximate surface area is 126 Å². The van der Waals surface area contributed by atoms with E-state index in [0.717, 1.165) is 24.8 Å². The van der Waals surface area contributed by atoms with Crippen molar-refractivity contribution in [2.24, 2.45) is 0 Å². The van der Waals surface area contributed by atoms with Crippen LogP contribution in [0.4, 0.5) is 4.39 Å². The summed E-state index contributed by atoms with van der Waals surface area (Å²) < 4.78 is 19.4. The standard InChI is InChI=1S/C16H13FN4O/c17-12-4-1-3-11(9-12)16(5-2-6-16)15-21-20-14(22-15)13-10-18-7-8-19-13/h1,3-4,7-10H,2,5-6H2. The molecule has 110 valence electrons. The van der Waals surface area contributed by atoms with Gasteiger partial charge in [0.05, 0.1) is 11.6 Å². The molecule has 0 saturated heterocycles. The Balaban J connectivity index is 1.75. The van der Waals surface area contributed by atoms with E-state index in [1.165, 1.54) is 6.07 Å². The molecule has 1 aliphatic carbocycles. The zero-order valence-corrected chi connectivity index (χ0v) is 11.7. The van der Waals surface area contributed by atoms with E-state index >= 15 is 0 Å². The quantitative estimate of drug-likeness (QED) is 0.743. The van der Waals surface area contributed by atoms with E-state index in [0.29, 0.717) is 17.5 Å². The van der Waals surface area contributed by atoms with Crippen LogP contribution in [0.3, 0.4) is 0 Å². The molecule has 1 aliphatic rings. The third kappa shape index (κ3) is 1.99. The number of halogens is 1. The van der Waals surface area contributed by atoms with Gasteiger partial charge >= 0.3 is 0 Å². The van der Waals surface area contributed by atoms with Crippen molar-refractivity contribution in [3.63, 3.8) is 0 Å². The first-order valence-corrected chi connectivity index (χ1v) is 7.14. The van der Waals surface area contributed by atoms with Crippen molar-refractivity contribution in [2.75, 3.05) is 0 Å². The Kier molecular flexibility index (Phi) is 2.96. The summed E-state index contributed by atoms with van der Waals surface area (Å²) in [6, 6.07) is 6.61. The van der Waals surface area contributed by atoms with Crippen molar-refractivity contribution in [1.29, 1.82) is 0 Å². The van der Waals surface area contributed by atoms with Gasteiger partial charge in [-0.3, -0.25) is 4.98 Å². The number of rotatable bonds is 3. The van der Waals surface area contributed by atoms with E-state index in [2.05, 4.69) is 20.2 Å². The summed E-state index contributed by atoms with van der Waals surface area (Å²) >= 11 is 0. The van der Waals surface area contributed by atoms with Gasteiger partial charge in [-0.2, -0.15) is 0 Å². The molecule has 0 N–H and O–H groups in total. The van der Waals surface area contributed by atoms with Crippen LogP contribution in [0.15, 0.2) is 47.3 Å². The fraction of sp³-hybridized carbons (Fsp3) is 0.250. The van der Waals surface area contributed by atoms with E-state index in [1.54, 1.807) is 30.7 Å². The number of benzene rings is 1. The molecule has 3 aromatic rings. The minimum atomic E-state index is -0.379. The third-order valence-corrected chi connectivity index (χ3v) is 4.20. The zero-order valence-electron chi connectivity index (χ0n) is 11.7. The molecule has 1 fully saturated rings. The minimum Gasteiger partial charge on any atom is -0.418 e. The van der Waals surface area contributed by atoms with Crippen molar-refractivity contribution < 1.29 is 8.81 Å². The van der Waals surface area contributed by atoms with E-state index in [-0.39, 0.29) is 11.2 Å². The van der Waals surface area contributed by atoms with Crippen LogP contribution in [0, 0.1) is 5.82 Å². The van der Waals surface area contributed by atoms with Crippen LogP contribution in [-0.4, -0.2) is 20.2 Å². The lowest BCUT2D eigenvalue weighted by atomic mass is 9.64. The van der Waals surface area contributed by atoms with Crippen LogP contribution >= 0.6 is 0 Å². The van der Waals surface area contributed by atoms with Gasteiger partial charge < -0.3 is 4.42 Å². The van der Waals surface area contributed by atoms with Gasteiger partial charge in [0.15, 0.2) is 0 Å². The van der Waals surface area contributed by atoms with Crippen LogP contribution < -0.4 is 0 Å². The molecule has 1 aromatic carbocycles. The Bertz CT molecular complexity index is 799. The molecule has 0 bridgehead atoms. The summed E-state index contributed by atoms with van der Waals surface area (Å²) in [5.74, 6) is 0.605. The fourth-order valence-electron chi connectivity index (χ4n) is 2.87. The molecule has 22 heavy (non-hydrogen) atoms. The first-order chi connectivity index (χ1) is 10.8. The minimum absolute atomic E-state index is 0.252. The van der Waals surface area contributed by atoms with Gasteiger partial charge in [0, 0.05) is 12.4 Å². The van der Waals surface area contributed by atoms with Crippen LogP contribution in [-0.2, 0) is 5.41 Å². The number of nitrogens with zero attached hydrogens (tertiary/aromatic N) is 4. The fourth-order valence-corrected chi connectivity index (χ4v) is 2.87. The average Bonchev–Trinajstić information content (AvgIpc) is 2.97. The maximum absolute atomic E-state index is 13.6. The van der Waals surface area contributed by atoms with Crippen LogP contribution in [0.25, 0.3) is 11.6 Å². The van der Waals surface area contributed by atoms with Gasteiger partial charge in [-0.15, -0.1) is 10.2 Å². The van der Waals surface area contributed by atoms with Crippen molar-refractivity contribution in [3.05, 3.63) is 60.1 Å². The smallest absolute Gasteiger partial charge is 0.267 e. The molecule has 1 saturated carbocycles. The molecule has 5 nitrogen and oxygen atoms in total. The summed E-state index contributed by atoms with van der Waals surface area (Å²) in [6.45, 7) is 0. The Morgan fingerprint density at radius 1 is 1.14 bits per heavy atom. The predicted molar refractivity (Wildman–Crippen MR) is 76.4 cm³/mol. The van der Waals surface area contributed by atoms with Crippen LogP contribution in [0.5, 0.6) is 0 Å². The predicted octanol–water partition coefficient (Wildman–Crippen LogP) is 3.14. The molecule has 0 radical (unpaired) electrons. The summed E-state index contributed by atoms with van der Waals surface area (Å²) in [5.41, 5.74) is 1.04. The van der Waals surface area contributed by atoms with E-state index in [9.17, 15) is 4.39 Å². The highest BCUT2D eigenvalue weighted by Gasteiger charge is 2.45. The molecule has 4 rings (SSSR count). The molecule has 0 aliphatic heterocycles. The van der Waals surface area contributed by atoms with Gasteiger partial charge in [-0.05, 0) is 30.5 Å². The lowest BCUT2D eigenvalue weighted by molar-refractivity contribution is 0.240. The third-order valence-electron chi connectivity index (χ3n) is 4.20. The van der Waals surface area contributed by atoms with E-state index < -0.39 is 0 Å². The molecule has 0 spiro atoms. The molecule has 6 heteroatoms. The second kappa shape index (κ2) is 4.98. The van der Waals surface area contributed by atoms with Crippen LogP contribution in [0.2, 0.25) is 0 Å². The maximum atomic E-state index is 13.6. The topological polar surface area (TPSA) is 64.7 Å². The van der Waals surface area contributed by atoms with Gasteiger partial charge in [0.25, 0.3) is 5.89 Å². The van der Waals surface area contributed by atoms with Crippen molar-refractivity contribution in [2.45, 2.75) is 24.7 Å². The average molecular weight is 296 g/mol. The highest BCUT2D eigenvalue weighted by atomic mass is 19.1. The molecular weight excluding hydrogens is 283 g/mol. The Morgan fingerprint density at radius 3 is 2.73 bits per heavy atom. The maximum Gasteiger partial charge on any atom is 0.267 e. The van der Waals surface area contributed by atoms with Crippen LogP contribution in [0.1, 0.15) is 30.7 Å². The summed E-state index contributed by atoms with van der Waals surface area (Å²) in [4.78, 5) is 8.15. The Hall–Kier alpha value is -2.63. The van der Waals surface area contributed by atoms with Crippen molar-refractivity contribution >= 4 is 0 Å². The van der Waals surface area contributed by atoms with Crippen molar-refractivity contribution in [1.82, 2.24) is 20.2 Å². The molecule has 0 unspecified atom stereocenters. The molecule has 0 atom stereocenters. The number of hydrogen-bond acceptors (Lipinski definition) is 5. The molecular formula is C16H13FN4O. The van der Waals surface area contributed by atoms with Gasteiger partial charge in [-0.1, -0.05) is 18.6 Å². The molecule has 2 aromatic heterocycles. The first kappa shape index (κ1) is 13.1. The Morgan fingerprint density at radius 2 is 2.05 bits per heavy atom. The van der Waals surface area contributed by atoms with Crippen molar-refractivity contribution in [3.8, 4) is 11.6 Å². The molecule has 0 amide bonds. The summed E-state index contributed by atoms with van der Waals surface area (Å²) in [6.07, 6.45) is 7.54. The SMILES string of the molecule is Fc1cccc(C2(c3nnc(-c4cnccn4)o3)CCC2)c1. The largest absolute Gasteiger partial charge is 0.418 e. The highest BCUT2D eigenvalue weighted by Crippen LogP contribution is 2.48. The normalized spacial score (nSPS) is 16.2.